The predicted molar refractivity (Wildman–Crippen MR) is 440 cm³/mol. The highest BCUT2D eigenvalue weighted by molar-refractivity contribution is 7.98. The van der Waals surface area contributed by atoms with Crippen LogP contribution in [0.15, 0.2) is 15.5 Å². The van der Waals surface area contributed by atoms with Crippen molar-refractivity contribution in [2.45, 2.75) is 236 Å². The lowest BCUT2D eigenvalue weighted by atomic mass is 10.1. The van der Waals surface area contributed by atoms with Crippen LogP contribution in [0.3, 0.4) is 0 Å². The molecule has 0 fully saturated rings. The Labute approximate surface area is 649 Å². The second-order valence-corrected chi connectivity index (χ2v) is 28.4. The van der Waals surface area contributed by atoms with Gasteiger partial charge in [0, 0.05) is 86.6 Å². The zero-order valence-electron chi connectivity index (χ0n) is 66.3. The van der Waals surface area contributed by atoms with Gasteiger partial charge in [-0.05, 0) is 220 Å². The number of methoxy groups -OCH3 is 1. The Balaban J connectivity index is 0.000000613. The van der Waals surface area contributed by atoms with Crippen LogP contribution in [0.1, 0.15) is 166 Å². The monoisotopic (exact) mass is 1580 g/mol. The molecule has 0 aromatic carbocycles. The molecule has 0 atom stereocenters. The van der Waals surface area contributed by atoms with Crippen LogP contribution in [0.4, 0.5) is 83.3 Å². The van der Waals surface area contributed by atoms with Gasteiger partial charge in [-0.15, -0.1) is 0 Å². The average Bonchev–Trinajstić information content (AvgIpc) is 0.886. The van der Waals surface area contributed by atoms with Gasteiger partial charge in [0.1, 0.15) is 0 Å². The Morgan fingerprint density at radius 3 is 0.657 bits per heavy atom. The maximum Gasteiger partial charge on any atom is 0.322 e. The quantitative estimate of drug-likeness (QED) is 0.0179. The summed E-state index contributed by atoms with van der Waals surface area (Å²) in [5.41, 5.74) is -0.0550. The Kier molecular flexibility index (Phi) is 47.1. The Morgan fingerprint density at radius 1 is 0.276 bits per heavy atom. The summed E-state index contributed by atoms with van der Waals surface area (Å²) >= 11 is 21.7. The molecule has 0 amide bonds. The summed E-state index contributed by atoms with van der Waals surface area (Å²) in [5, 5.41) is 46.0. The van der Waals surface area contributed by atoms with Crippen LogP contribution in [-0.2, 0) is 0 Å². The van der Waals surface area contributed by atoms with E-state index in [-0.39, 0.29) is 51.6 Å². The number of hydrogen-bond acceptors (Lipinski definition) is 39. The van der Waals surface area contributed by atoms with Crippen molar-refractivity contribution in [3.63, 3.8) is 0 Å². The molecule has 0 aliphatic heterocycles. The second-order valence-electron chi connectivity index (χ2n) is 25.1. The van der Waals surface area contributed by atoms with E-state index in [0.717, 1.165) is 48.2 Å². The summed E-state index contributed by atoms with van der Waals surface area (Å²) in [7, 11) is 1.54. The van der Waals surface area contributed by atoms with Crippen molar-refractivity contribution in [3.8, 4) is 6.01 Å². The number of nitrogens with one attached hydrogen (secondary N) is 14. The number of thioether (sulfide) groups is 3. The molecule has 0 saturated heterocycles. The fourth-order valence-corrected chi connectivity index (χ4v) is 8.55. The van der Waals surface area contributed by atoms with E-state index >= 15 is 0 Å². The van der Waals surface area contributed by atoms with Gasteiger partial charge in [-0.2, -0.15) is 105 Å². The van der Waals surface area contributed by atoms with Crippen LogP contribution in [0.2, 0.25) is 15.9 Å². The van der Waals surface area contributed by atoms with Crippen molar-refractivity contribution in [1.82, 2.24) is 105 Å². The number of rotatable bonds is 31. The van der Waals surface area contributed by atoms with Crippen LogP contribution in [0.25, 0.3) is 0 Å². The van der Waals surface area contributed by atoms with Crippen LogP contribution in [0.5, 0.6) is 6.01 Å². The highest BCUT2D eigenvalue weighted by Crippen LogP contribution is 2.20. The molecular formula is C63H116Cl3N35OS3. The number of anilines is 14. The molecule has 14 N–H and O–H groups in total. The minimum Gasteiger partial charge on any atom is -0.467 e. The summed E-state index contributed by atoms with van der Waals surface area (Å²) in [6.45, 7) is 52.4. The highest BCUT2D eigenvalue weighted by atomic mass is 35.5. The molecular weight excluding hydrogens is 1470 g/mol. The first-order chi connectivity index (χ1) is 49.4. The van der Waals surface area contributed by atoms with Gasteiger partial charge in [-0.1, -0.05) is 35.3 Å². The van der Waals surface area contributed by atoms with E-state index in [1.165, 1.54) is 42.4 Å². The molecule has 0 radical (unpaired) electrons. The summed E-state index contributed by atoms with van der Waals surface area (Å²) in [6.07, 6.45) is 5.85. The smallest absolute Gasteiger partial charge is 0.322 e. The summed E-state index contributed by atoms with van der Waals surface area (Å²) in [4.78, 5) is 87.0. The minimum atomic E-state index is -0.0550. The SMILES string of the molecule is CC(C)Nc1nc(Cl)nc(NC(C)C)n1.CCNc1nc(Cl)nc(NC(C)C)n1.CCNc1nc(Cl)nc(NCC)n1.CCNc1nc(NC(C)(C)C)nc(SC)n1.CCNc1nc(NC(C)C)nc(SC)n1.COc1nc(NC(C)C)nc(NC(C)C)n1.CSc1nc(NC(C)C)nc(NC(C)C)n1. The molecule has 7 aromatic heterocycles. The highest BCUT2D eigenvalue weighted by Gasteiger charge is 2.16. The van der Waals surface area contributed by atoms with Crippen molar-refractivity contribution in [3.05, 3.63) is 15.9 Å². The van der Waals surface area contributed by atoms with E-state index in [1.54, 1.807) is 0 Å². The molecule has 7 rings (SSSR count). The molecule has 36 nitrogen and oxygen atoms in total. The average molecular weight is 1580 g/mol. The van der Waals surface area contributed by atoms with Crippen molar-refractivity contribution in [2.75, 3.05) is 133 Å². The van der Waals surface area contributed by atoms with Crippen molar-refractivity contribution < 1.29 is 4.74 Å². The van der Waals surface area contributed by atoms with Gasteiger partial charge in [0.2, 0.25) is 99.1 Å². The first-order valence-corrected chi connectivity index (χ1v) is 39.3. The van der Waals surface area contributed by atoms with E-state index < -0.39 is 0 Å². The molecule has 7 heterocycles. The number of nitrogens with zero attached hydrogens (tertiary/aromatic N) is 21. The van der Waals surface area contributed by atoms with Gasteiger partial charge in [-0.25, -0.2) is 0 Å². The van der Waals surface area contributed by atoms with E-state index in [2.05, 4.69) is 241 Å². The molecule has 0 bridgehead atoms. The number of aromatic nitrogens is 21. The third-order valence-electron chi connectivity index (χ3n) is 10.5. The van der Waals surface area contributed by atoms with Crippen LogP contribution in [0, 0.1) is 0 Å². The third-order valence-corrected chi connectivity index (χ3v) is 12.7. The predicted octanol–water partition coefficient (Wildman–Crippen LogP) is 13.2. The lowest BCUT2D eigenvalue weighted by Crippen LogP contribution is -2.27. The molecule has 105 heavy (non-hydrogen) atoms. The molecule has 0 aliphatic rings. The lowest BCUT2D eigenvalue weighted by molar-refractivity contribution is 0.379. The normalized spacial score (nSPS) is 10.7. The molecule has 0 spiro atoms. The maximum absolute atomic E-state index is 5.77. The molecule has 0 unspecified atom stereocenters. The number of hydrogen-bond donors (Lipinski definition) is 14. The largest absolute Gasteiger partial charge is 0.467 e. The molecule has 0 aliphatic carbocycles. The first-order valence-electron chi connectivity index (χ1n) is 34.5. The van der Waals surface area contributed by atoms with Crippen molar-refractivity contribution >= 4 is 153 Å². The molecule has 42 heteroatoms. The van der Waals surface area contributed by atoms with Crippen LogP contribution < -0.4 is 79.2 Å². The number of ether oxygens (including phenoxy) is 1. The summed E-state index contributed by atoms with van der Waals surface area (Å²) in [6, 6.07) is 2.55. The fraction of sp³-hybridized carbons (Fsp3) is 0.667. The van der Waals surface area contributed by atoms with Crippen LogP contribution in [-0.4, -0.2) is 217 Å². The topological polar surface area (TPSA) is 448 Å². The zero-order chi connectivity index (χ0) is 79.4. The van der Waals surface area contributed by atoms with E-state index in [1.807, 2.05) is 123 Å². The van der Waals surface area contributed by atoms with Gasteiger partial charge >= 0.3 is 6.01 Å². The van der Waals surface area contributed by atoms with E-state index in [4.69, 9.17) is 39.5 Å². The Bertz CT molecular complexity index is 3350. The van der Waals surface area contributed by atoms with Gasteiger partial charge in [0.25, 0.3) is 0 Å². The van der Waals surface area contributed by atoms with E-state index in [0.29, 0.717) is 107 Å². The third kappa shape index (κ3) is 45.9. The summed E-state index contributed by atoms with van der Waals surface area (Å²) in [5.74, 6) is 7.74. The Hall–Kier alpha value is -8.01. The molecule has 588 valence electrons. The van der Waals surface area contributed by atoms with Crippen molar-refractivity contribution in [2.24, 2.45) is 0 Å². The summed E-state index contributed by atoms with van der Waals surface area (Å²) < 4.78 is 5.02. The van der Waals surface area contributed by atoms with E-state index in [9.17, 15) is 0 Å². The van der Waals surface area contributed by atoms with Crippen LogP contribution >= 0.6 is 70.1 Å². The number of halogens is 3. The van der Waals surface area contributed by atoms with Crippen molar-refractivity contribution in [1.29, 1.82) is 0 Å². The first kappa shape index (κ1) is 95.0. The zero-order valence-corrected chi connectivity index (χ0v) is 71.0. The molecule has 7 aromatic rings. The Morgan fingerprint density at radius 2 is 0.448 bits per heavy atom. The minimum absolute atomic E-state index is 0.0550. The van der Waals surface area contributed by atoms with Gasteiger partial charge in [-0.3, -0.25) is 0 Å². The van der Waals surface area contributed by atoms with Gasteiger partial charge < -0.3 is 79.2 Å². The standard InChI is InChI=1S/C10H19N5O.2C10H19N5S.C9H16ClN5.C9H17N5S.C8H14ClN5.C7H12ClN5/c1-6(2)11-8-13-9(12-7(3)4)15-10(14-8)16-5;1-6-11-7-12-8(15-10(2,3)4)14-9(13-7)16-5;1-6(2)11-8-13-9(12-7(3)4)15-10(14-8)16-5;1-5(2)11-8-13-7(10)14-9(15-8)12-6(3)4;1-5-10-7-12-8(11-6(2)3)14-9(13-7)15-4;1-4-10-7-12-6(9)13-8(14-7)11-5(2)3;1-3-9-6-11-5(8)12-7(13-6)10-4-2/h6-7H,1-5H3,(H2,11,12,13,14,15);6H2,1-5H3,(H2,11,12,13,14,15);6-7H,1-5H3,(H2,11,12,13,14,15);5-6H,1-4H3,(H2,11,12,13,14,15);6H,5H2,1-4H3,(H2,10,11,12,13,14);5H,4H2,1-3H3,(H2,10,11,12,13,14);3-4H2,1-2H3,(H2,9,10,11,12,13). The van der Waals surface area contributed by atoms with Gasteiger partial charge in [0.15, 0.2) is 15.5 Å². The van der Waals surface area contributed by atoms with Gasteiger partial charge in [0.05, 0.1) is 7.11 Å². The lowest BCUT2D eigenvalue weighted by Gasteiger charge is -2.20. The molecule has 0 saturated carbocycles. The maximum atomic E-state index is 5.77. The fourth-order valence-electron chi connectivity index (χ4n) is 7.00. The second kappa shape index (κ2) is 52.1.